The molecule has 0 spiro atoms. The van der Waals surface area contributed by atoms with Gasteiger partial charge in [0.2, 0.25) is 0 Å². The maximum atomic E-state index is 12.2. The first-order valence-electron chi connectivity index (χ1n) is 5.88. The lowest BCUT2D eigenvalue weighted by Crippen LogP contribution is -2.31. The summed E-state index contributed by atoms with van der Waals surface area (Å²) in [5.74, 6) is 0.450. The largest absolute Gasteiger partial charge is 0.293 e. The number of hydrogen-bond donors (Lipinski definition) is 0. The summed E-state index contributed by atoms with van der Waals surface area (Å²) in [7, 11) is 0. The van der Waals surface area contributed by atoms with E-state index in [1.54, 1.807) is 4.90 Å². The van der Waals surface area contributed by atoms with Gasteiger partial charge in [0.25, 0.3) is 5.91 Å². The number of thioether (sulfide) groups is 1. The Morgan fingerprint density at radius 1 is 1.33 bits per heavy atom. The second kappa shape index (κ2) is 5.67. The minimum Gasteiger partial charge on any atom is -0.293 e. The van der Waals surface area contributed by atoms with Crippen LogP contribution in [-0.2, 0) is 4.79 Å². The van der Waals surface area contributed by atoms with Crippen molar-refractivity contribution in [3.63, 3.8) is 0 Å². The topological polar surface area (TPSA) is 20.3 Å². The molecular weight excluding hydrogens is 262 g/mol. The van der Waals surface area contributed by atoms with Gasteiger partial charge < -0.3 is 0 Å². The van der Waals surface area contributed by atoms with Crippen molar-refractivity contribution in [2.24, 2.45) is 5.92 Å². The first-order valence-corrected chi connectivity index (χ1v) is 7.11. The van der Waals surface area contributed by atoms with Crippen LogP contribution in [0, 0.1) is 5.92 Å². The molecule has 4 heteroatoms. The maximum Gasteiger partial charge on any atom is 0.266 e. The fraction of sp³-hybridized carbons (Fsp3) is 0.286. The molecular formula is C14H15NOS2. The standard InChI is InChI=1S/C14H15NOS2/c1-10(2)9-15-13(16)12(18-14(15)17)8-11-6-4-3-5-7-11/h3-8,10H,9H2,1-2H3/b12-8+. The van der Waals surface area contributed by atoms with Crippen LogP contribution in [0.2, 0.25) is 0 Å². The summed E-state index contributed by atoms with van der Waals surface area (Å²) >= 11 is 6.64. The Morgan fingerprint density at radius 2 is 2.00 bits per heavy atom. The van der Waals surface area contributed by atoms with Crippen LogP contribution in [0.15, 0.2) is 35.2 Å². The van der Waals surface area contributed by atoms with E-state index in [4.69, 9.17) is 12.2 Å². The van der Waals surface area contributed by atoms with E-state index in [1.807, 2.05) is 36.4 Å². The predicted molar refractivity (Wildman–Crippen MR) is 81.2 cm³/mol. The SMILES string of the molecule is CC(C)CN1C(=O)/C(=C\c2ccccc2)SC1=S. The van der Waals surface area contributed by atoms with Gasteiger partial charge in [-0.05, 0) is 17.6 Å². The number of thiocarbonyl (C=S) groups is 1. The zero-order valence-electron chi connectivity index (χ0n) is 10.4. The zero-order chi connectivity index (χ0) is 13.1. The van der Waals surface area contributed by atoms with E-state index in [-0.39, 0.29) is 5.91 Å². The molecule has 0 bridgehead atoms. The monoisotopic (exact) mass is 277 g/mol. The molecule has 1 fully saturated rings. The highest BCUT2D eigenvalue weighted by atomic mass is 32.2. The predicted octanol–water partition coefficient (Wildman–Crippen LogP) is 3.54. The third-order valence-electron chi connectivity index (χ3n) is 2.52. The molecule has 94 valence electrons. The molecule has 0 radical (unpaired) electrons. The number of amides is 1. The van der Waals surface area contributed by atoms with Crippen LogP contribution in [0.5, 0.6) is 0 Å². The van der Waals surface area contributed by atoms with Crippen molar-refractivity contribution in [1.82, 2.24) is 4.90 Å². The van der Waals surface area contributed by atoms with Gasteiger partial charge >= 0.3 is 0 Å². The van der Waals surface area contributed by atoms with E-state index in [2.05, 4.69) is 13.8 Å². The lowest BCUT2D eigenvalue weighted by molar-refractivity contribution is -0.122. The average Bonchev–Trinajstić information content (AvgIpc) is 2.58. The van der Waals surface area contributed by atoms with Gasteiger partial charge in [-0.2, -0.15) is 0 Å². The molecule has 1 heterocycles. The highest BCUT2D eigenvalue weighted by Crippen LogP contribution is 2.32. The Hall–Kier alpha value is -1.13. The Morgan fingerprint density at radius 3 is 2.61 bits per heavy atom. The molecule has 0 aliphatic carbocycles. The van der Waals surface area contributed by atoms with Crippen molar-refractivity contribution in [2.75, 3.05) is 6.54 Å². The van der Waals surface area contributed by atoms with Crippen LogP contribution in [0.25, 0.3) is 6.08 Å². The van der Waals surface area contributed by atoms with Gasteiger partial charge in [-0.3, -0.25) is 9.69 Å². The summed E-state index contributed by atoms with van der Waals surface area (Å²) in [4.78, 5) is 14.6. The number of carbonyl (C=O) groups excluding carboxylic acids is 1. The maximum absolute atomic E-state index is 12.2. The summed E-state index contributed by atoms with van der Waals surface area (Å²) < 4.78 is 0.663. The molecule has 2 rings (SSSR count). The molecule has 0 N–H and O–H groups in total. The van der Waals surface area contributed by atoms with Gasteiger partial charge in [0.15, 0.2) is 0 Å². The van der Waals surface area contributed by atoms with Gasteiger partial charge in [0.05, 0.1) is 4.91 Å². The second-order valence-electron chi connectivity index (χ2n) is 4.60. The number of carbonyl (C=O) groups is 1. The van der Waals surface area contributed by atoms with Crippen LogP contribution in [0.1, 0.15) is 19.4 Å². The molecule has 1 aromatic carbocycles. The van der Waals surface area contributed by atoms with Gasteiger partial charge in [-0.1, -0.05) is 68.2 Å². The Bertz CT molecular complexity index is 494. The number of hydrogen-bond acceptors (Lipinski definition) is 3. The molecule has 1 aliphatic heterocycles. The van der Waals surface area contributed by atoms with Crippen molar-refractivity contribution >= 4 is 40.3 Å². The molecule has 18 heavy (non-hydrogen) atoms. The van der Waals surface area contributed by atoms with E-state index in [9.17, 15) is 4.79 Å². The molecule has 0 saturated carbocycles. The number of benzene rings is 1. The third kappa shape index (κ3) is 3.00. The van der Waals surface area contributed by atoms with Crippen LogP contribution < -0.4 is 0 Å². The van der Waals surface area contributed by atoms with Crippen LogP contribution in [0.4, 0.5) is 0 Å². The Labute approximate surface area is 117 Å². The quantitative estimate of drug-likeness (QED) is 0.622. The lowest BCUT2D eigenvalue weighted by atomic mass is 10.2. The second-order valence-corrected chi connectivity index (χ2v) is 6.27. The Balaban J connectivity index is 2.20. The van der Waals surface area contributed by atoms with E-state index in [1.165, 1.54) is 11.8 Å². The summed E-state index contributed by atoms with van der Waals surface area (Å²) in [6, 6.07) is 9.84. The van der Waals surface area contributed by atoms with Gasteiger partial charge in [-0.15, -0.1) is 0 Å². The van der Waals surface area contributed by atoms with Crippen LogP contribution >= 0.6 is 24.0 Å². The minimum absolute atomic E-state index is 0.0301. The normalized spacial score (nSPS) is 18.2. The molecule has 1 amide bonds. The molecule has 0 atom stereocenters. The molecule has 2 nitrogen and oxygen atoms in total. The molecule has 1 aromatic rings. The Kier molecular flexibility index (Phi) is 4.19. The highest BCUT2D eigenvalue weighted by Gasteiger charge is 2.31. The van der Waals surface area contributed by atoms with E-state index in [0.717, 1.165) is 5.56 Å². The summed E-state index contributed by atoms with van der Waals surface area (Å²) in [5.41, 5.74) is 1.03. The van der Waals surface area contributed by atoms with Gasteiger partial charge in [0.1, 0.15) is 4.32 Å². The van der Waals surface area contributed by atoms with E-state index < -0.39 is 0 Å². The minimum atomic E-state index is 0.0301. The van der Waals surface area contributed by atoms with Crippen molar-refractivity contribution < 1.29 is 4.79 Å². The highest BCUT2D eigenvalue weighted by molar-refractivity contribution is 8.26. The van der Waals surface area contributed by atoms with Crippen molar-refractivity contribution in [3.8, 4) is 0 Å². The summed E-state index contributed by atoms with van der Waals surface area (Å²) in [5, 5.41) is 0. The first-order chi connectivity index (χ1) is 8.58. The van der Waals surface area contributed by atoms with Gasteiger partial charge in [0, 0.05) is 6.54 Å². The number of rotatable bonds is 3. The molecule has 1 saturated heterocycles. The summed E-state index contributed by atoms with van der Waals surface area (Å²) in [6.07, 6.45) is 1.90. The van der Waals surface area contributed by atoms with Gasteiger partial charge in [-0.25, -0.2) is 0 Å². The smallest absolute Gasteiger partial charge is 0.266 e. The third-order valence-corrected chi connectivity index (χ3v) is 3.90. The average molecular weight is 277 g/mol. The van der Waals surface area contributed by atoms with Crippen molar-refractivity contribution in [1.29, 1.82) is 0 Å². The first kappa shape index (κ1) is 13.3. The van der Waals surface area contributed by atoms with Crippen LogP contribution in [0.3, 0.4) is 0 Å². The molecule has 0 aromatic heterocycles. The van der Waals surface area contributed by atoms with Crippen molar-refractivity contribution in [3.05, 3.63) is 40.8 Å². The van der Waals surface area contributed by atoms with Crippen molar-refractivity contribution in [2.45, 2.75) is 13.8 Å². The molecule has 0 unspecified atom stereocenters. The number of nitrogens with zero attached hydrogens (tertiary/aromatic N) is 1. The summed E-state index contributed by atoms with van der Waals surface area (Å²) in [6.45, 7) is 4.86. The fourth-order valence-electron chi connectivity index (χ4n) is 1.72. The van der Waals surface area contributed by atoms with E-state index >= 15 is 0 Å². The molecule has 1 aliphatic rings. The van der Waals surface area contributed by atoms with Crippen LogP contribution in [-0.4, -0.2) is 21.7 Å². The fourth-order valence-corrected chi connectivity index (χ4v) is 3.00. The van der Waals surface area contributed by atoms with E-state index in [0.29, 0.717) is 21.7 Å². The zero-order valence-corrected chi connectivity index (χ0v) is 12.1. The lowest BCUT2D eigenvalue weighted by Gasteiger charge is -2.16.